The fraction of sp³-hybridized carbons (Fsp3) is 0.125. The fourth-order valence-electron chi connectivity index (χ4n) is 0.779. The van der Waals surface area contributed by atoms with Crippen LogP contribution in [0, 0.1) is 12.1 Å². The van der Waals surface area contributed by atoms with Gasteiger partial charge in [-0.1, -0.05) is 17.7 Å². The Kier molecular flexibility index (Phi) is 6.35. The first-order chi connectivity index (χ1) is 5.56. The first-order valence-electron chi connectivity index (χ1n) is 3.31. The van der Waals surface area contributed by atoms with Crippen LogP contribution in [0.15, 0.2) is 29.2 Å². The Morgan fingerprint density at radius 2 is 1.69 bits per heavy atom. The summed E-state index contributed by atoms with van der Waals surface area (Å²) in [5.41, 5.74) is 1.02. The first kappa shape index (κ1) is 14.1. The molecule has 0 aromatic heterocycles. The molecule has 0 aliphatic carbocycles. The van der Waals surface area contributed by atoms with Crippen molar-refractivity contribution in [2.45, 2.75) is 11.8 Å². The Morgan fingerprint density at radius 1 is 1.23 bits per heavy atom. The normalized spacial score (nSPS) is 10.6. The number of halogens is 1. The molecule has 0 atom stereocenters. The smallest absolute Gasteiger partial charge is 0.332 e. The topological polar surface area (TPSA) is 34.1 Å². The molecule has 0 aliphatic heterocycles. The van der Waals surface area contributed by atoms with Crippen molar-refractivity contribution in [3.63, 3.8) is 0 Å². The van der Waals surface area contributed by atoms with Crippen LogP contribution in [0.3, 0.4) is 0 Å². The van der Waals surface area contributed by atoms with Gasteiger partial charge in [0.2, 0.25) is 0 Å². The van der Waals surface area contributed by atoms with Crippen molar-refractivity contribution < 1.29 is 59.8 Å². The summed E-state index contributed by atoms with van der Waals surface area (Å²) in [5, 5.41) is 0.678. The number of rotatable bonds is 2. The number of aryl methyl sites for hydroxylation is 1. The summed E-state index contributed by atoms with van der Waals surface area (Å²) in [6.45, 7) is 1.89. The van der Waals surface area contributed by atoms with Gasteiger partial charge in [0.25, 0.3) is 0 Å². The van der Waals surface area contributed by atoms with Gasteiger partial charge in [0.1, 0.15) is 0 Å². The largest absolute Gasteiger partial charge is 1.00 e. The second-order valence-electron chi connectivity index (χ2n) is 2.45. The van der Waals surface area contributed by atoms with Gasteiger partial charge in [-0.05, 0) is 19.1 Å². The molecule has 66 valence electrons. The van der Waals surface area contributed by atoms with Crippen molar-refractivity contribution in [3.8, 4) is 0 Å². The number of sulfone groups is 1. The minimum atomic E-state index is -3.37. The van der Waals surface area contributed by atoms with Crippen LogP contribution in [0.1, 0.15) is 5.56 Å². The molecular formula is C8H8ClKO2S. The molecule has 5 heteroatoms. The third kappa shape index (κ3) is 3.99. The SMILES string of the molecule is Cc1ccc(S(=O)(=O)[CH-]Cl)cc1.[K+]. The molecule has 0 fully saturated rings. The van der Waals surface area contributed by atoms with Gasteiger partial charge in [-0.25, -0.2) is 0 Å². The molecule has 0 spiro atoms. The predicted octanol–water partition coefficient (Wildman–Crippen LogP) is -0.869. The van der Waals surface area contributed by atoms with Gasteiger partial charge in [-0.15, -0.1) is 5.21 Å². The molecule has 1 aromatic rings. The van der Waals surface area contributed by atoms with E-state index in [9.17, 15) is 8.42 Å². The standard InChI is InChI=1S/C8H8ClO2S.K/c1-7-2-4-8(5-3-7)12(10,11)6-9;/h2-6H,1H3;/q-1;+1. The summed E-state index contributed by atoms with van der Waals surface area (Å²) < 4.78 is 22.2. The summed E-state index contributed by atoms with van der Waals surface area (Å²) in [4.78, 5) is 0.225. The van der Waals surface area contributed by atoms with E-state index in [0.717, 1.165) is 5.56 Å². The van der Waals surface area contributed by atoms with Crippen LogP contribution < -0.4 is 51.4 Å². The number of hydrogen-bond acceptors (Lipinski definition) is 2. The van der Waals surface area contributed by atoms with E-state index in [0.29, 0.717) is 5.21 Å². The van der Waals surface area contributed by atoms with Crippen molar-refractivity contribution in [1.82, 2.24) is 0 Å². The molecule has 13 heavy (non-hydrogen) atoms. The molecule has 0 radical (unpaired) electrons. The molecule has 0 amide bonds. The van der Waals surface area contributed by atoms with Crippen molar-refractivity contribution in [2.75, 3.05) is 0 Å². The maximum Gasteiger partial charge on any atom is 1.00 e. The van der Waals surface area contributed by atoms with Crippen molar-refractivity contribution in [2.24, 2.45) is 0 Å². The van der Waals surface area contributed by atoms with E-state index in [1.807, 2.05) is 6.92 Å². The van der Waals surface area contributed by atoms with Crippen LogP contribution in [0.5, 0.6) is 0 Å². The van der Waals surface area contributed by atoms with Gasteiger partial charge < -0.3 is 11.6 Å². The Hall–Kier alpha value is 1.10. The van der Waals surface area contributed by atoms with E-state index in [2.05, 4.69) is 0 Å². The van der Waals surface area contributed by atoms with Crippen LogP contribution >= 0.6 is 11.6 Å². The van der Waals surface area contributed by atoms with E-state index in [1.54, 1.807) is 12.1 Å². The molecule has 1 aromatic carbocycles. The zero-order chi connectivity index (χ0) is 9.19. The maximum absolute atomic E-state index is 11.1. The molecular weight excluding hydrogens is 235 g/mol. The maximum atomic E-state index is 11.1. The minimum Gasteiger partial charge on any atom is -0.332 e. The Bertz CT molecular complexity index is 358. The molecule has 0 unspecified atom stereocenters. The Balaban J connectivity index is 0.00000144. The molecule has 0 saturated carbocycles. The van der Waals surface area contributed by atoms with Crippen LogP contribution in [0.4, 0.5) is 0 Å². The van der Waals surface area contributed by atoms with Gasteiger partial charge in [0.15, 0.2) is 0 Å². The molecule has 0 saturated heterocycles. The summed E-state index contributed by atoms with van der Waals surface area (Å²) in [5.74, 6) is 0. The van der Waals surface area contributed by atoms with Gasteiger partial charge in [-0.3, -0.25) is 8.42 Å². The molecule has 0 aliphatic rings. The Labute approximate surface area is 126 Å². The van der Waals surface area contributed by atoms with E-state index in [1.165, 1.54) is 12.1 Å². The zero-order valence-corrected chi connectivity index (χ0v) is 12.2. The van der Waals surface area contributed by atoms with Gasteiger partial charge in [0, 0.05) is 4.90 Å². The average molecular weight is 243 g/mol. The van der Waals surface area contributed by atoms with E-state index >= 15 is 0 Å². The first-order valence-corrected chi connectivity index (χ1v) is 5.30. The summed E-state index contributed by atoms with van der Waals surface area (Å²) in [7, 11) is -3.37. The molecule has 2 nitrogen and oxygen atoms in total. The van der Waals surface area contributed by atoms with Gasteiger partial charge in [0.05, 0.1) is 9.84 Å². The van der Waals surface area contributed by atoms with Crippen molar-refractivity contribution in [3.05, 3.63) is 35.0 Å². The summed E-state index contributed by atoms with van der Waals surface area (Å²) >= 11 is 5.15. The van der Waals surface area contributed by atoms with Crippen LogP contribution in [-0.2, 0) is 9.84 Å². The Morgan fingerprint density at radius 3 is 2.08 bits per heavy atom. The molecule has 0 heterocycles. The molecule has 0 bridgehead atoms. The monoisotopic (exact) mass is 242 g/mol. The minimum absolute atomic E-state index is 0. The second kappa shape index (κ2) is 5.85. The van der Waals surface area contributed by atoms with Crippen LogP contribution in [0.2, 0.25) is 0 Å². The average Bonchev–Trinajstić information content (AvgIpc) is 2.05. The van der Waals surface area contributed by atoms with E-state index in [4.69, 9.17) is 11.6 Å². The summed E-state index contributed by atoms with van der Waals surface area (Å²) in [6, 6.07) is 6.52. The van der Waals surface area contributed by atoms with E-state index in [-0.39, 0.29) is 56.3 Å². The number of hydrogen-bond donors (Lipinski definition) is 0. The predicted molar refractivity (Wildman–Crippen MR) is 48.5 cm³/mol. The quantitative estimate of drug-likeness (QED) is 0.499. The third-order valence-corrected chi connectivity index (χ3v) is 3.33. The van der Waals surface area contributed by atoms with Crippen LogP contribution in [0.25, 0.3) is 0 Å². The molecule has 0 N–H and O–H groups in total. The third-order valence-electron chi connectivity index (χ3n) is 1.47. The van der Waals surface area contributed by atoms with Crippen molar-refractivity contribution in [1.29, 1.82) is 0 Å². The second-order valence-corrected chi connectivity index (χ2v) is 4.72. The van der Waals surface area contributed by atoms with Gasteiger partial charge >= 0.3 is 51.4 Å². The molecule has 1 rings (SSSR count). The van der Waals surface area contributed by atoms with Gasteiger partial charge in [-0.2, -0.15) is 0 Å². The zero-order valence-electron chi connectivity index (χ0n) is 7.49. The van der Waals surface area contributed by atoms with Crippen molar-refractivity contribution >= 4 is 21.4 Å². The summed E-state index contributed by atoms with van der Waals surface area (Å²) in [6.07, 6.45) is 0. The van der Waals surface area contributed by atoms with E-state index < -0.39 is 9.84 Å². The fourth-order valence-corrected chi connectivity index (χ4v) is 1.71. The number of benzene rings is 1. The van der Waals surface area contributed by atoms with Crippen LogP contribution in [-0.4, -0.2) is 8.42 Å².